The van der Waals surface area contributed by atoms with E-state index >= 15 is 0 Å². The van der Waals surface area contributed by atoms with Crippen LogP contribution in [0.15, 0.2) is 30.3 Å². The quantitative estimate of drug-likeness (QED) is 0.395. The molecule has 0 heterocycles. The van der Waals surface area contributed by atoms with Crippen molar-refractivity contribution in [3.63, 3.8) is 0 Å². The number of alkyl halides is 3. The molecule has 160 valence electrons. The lowest BCUT2D eigenvalue weighted by Crippen LogP contribution is -2.24. The molecule has 0 bridgehead atoms. The van der Waals surface area contributed by atoms with Crippen molar-refractivity contribution in [3.8, 4) is 0 Å². The van der Waals surface area contributed by atoms with Crippen LogP contribution in [0.5, 0.6) is 0 Å². The molecule has 0 unspecified atom stereocenters. The Morgan fingerprint density at radius 3 is 2.03 bits per heavy atom. The molecule has 2 aromatic carbocycles. The minimum atomic E-state index is -5.22. The predicted octanol–water partition coefficient (Wildman–Crippen LogP) is 5.63. The van der Waals surface area contributed by atoms with E-state index < -0.39 is 49.3 Å². The lowest BCUT2D eigenvalue weighted by atomic mass is 10.1. The molecule has 0 N–H and O–H groups in total. The number of nitrogens with zero attached hydrogens (tertiary/aromatic N) is 4. The van der Waals surface area contributed by atoms with E-state index in [0.717, 1.165) is 17.0 Å². The van der Waals surface area contributed by atoms with Crippen molar-refractivity contribution in [1.82, 2.24) is 0 Å². The van der Waals surface area contributed by atoms with Crippen LogP contribution in [0.3, 0.4) is 0 Å². The molecule has 0 amide bonds. The topological polar surface area (TPSA) is 133 Å². The molecular formula is C16H12ClF3N4O6. The second kappa shape index (κ2) is 8.49. The third-order valence-electron chi connectivity index (χ3n) is 3.93. The predicted molar refractivity (Wildman–Crippen MR) is 100 cm³/mol. The van der Waals surface area contributed by atoms with Crippen LogP contribution in [-0.2, 0) is 6.18 Å². The van der Waals surface area contributed by atoms with Crippen LogP contribution >= 0.6 is 11.6 Å². The normalized spacial score (nSPS) is 11.2. The Bertz CT molecular complexity index is 1030. The first-order chi connectivity index (χ1) is 13.9. The summed E-state index contributed by atoms with van der Waals surface area (Å²) in [7, 11) is 0. The highest BCUT2D eigenvalue weighted by molar-refractivity contribution is 6.31. The summed E-state index contributed by atoms with van der Waals surface area (Å²) in [5, 5.41) is 33.9. The summed E-state index contributed by atoms with van der Waals surface area (Å²) in [6, 6.07) is 3.67. The molecule has 0 saturated heterocycles. The Morgan fingerprint density at radius 2 is 1.57 bits per heavy atom. The van der Waals surface area contributed by atoms with Crippen molar-refractivity contribution in [3.05, 3.63) is 71.3 Å². The van der Waals surface area contributed by atoms with Gasteiger partial charge in [-0.15, -0.1) is 0 Å². The van der Waals surface area contributed by atoms with Crippen molar-refractivity contribution in [1.29, 1.82) is 0 Å². The minimum absolute atomic E-state index is 0.0730. The highest BCUT2D eigenvalue weighted by Gasteiger charge is 2.42. The van der Waals surface area contributed by atoms with Crippen LogP contribution in [0.4, 0.5) is 41.6 Å². The Balaban J connectivity index is 2.98. The number of benzene rings is 2. The van der Waals surface area contributed by atoms with E-state index in [1.54, 1.807) is 6.92 Å². The van der Waals surface area contributed by atoms with Gasteiger partial charge in [0.25, 0.3) is 17.1 Å². The summed E-state index contributed by atoms with van der Waals surface area (Å²) in [5.74, 6) is 0. The standard InChI is InChI=1S/C16H12ClF3N4O6/c1-2-5-21(12-4-3-9(17)6-13(12)23(27)28)15-11(16(18,19)20)7-10(22(25)26)8-14(15)24(29)30/h3-4,6-8H,2,5H2,1H3. The molecule has 30 heavy (non-hydrogen) atoms. The maximum Gasteiger partial charge on any atom is 0.418 e. The van der Waals surface area contributed by atoms with Crippen molar-refractivity contribution < 1.29 is 27.9 Å². The minimum Gasteiger partial charge on any atom is -0.330 e. The Kier molecular flexibility index (Phi) is 6.45. The molecule has 0 fully saturated rings. The zero-order valence-electron chi connectivity index (χ0n) is 15.1. The molecule has 2 rings (SSSR count). The third-order valence-corrected chi connectivity index (χ3v) is 4.16. The first-order valence-electron chi connectivity index (χ1n) is 8.14. The maximum absolute atomic E-state index is 13.7. The summed E-state index contributed by atoms with van der Waals surface area (Å²) < 4.78 is 41.2. The number of anilines is 2. The zero-order chi connectivity index (χ0) is 22.8. The molecule has 0 atom stereocenters. The van der Waals surface area contributed by atoms with Crippen LogP contribution < -0.4 is 4.90 Å². The third kappa shape index (κ3) is 4.56. The number of nitro groups is 3. The number of halogens is 4. The second-order valence-corrected chi connectivity index (χ2v) is 6.35. The van der Waals surface area contributed by atoms with E-state index in [0.29, 0.717) is 6.07 Å². The average Bonchev–Trinajstić information content (AvgIpc) is 2.64. The van der Waals surface area contributed by atoms with E-state index in [1.807, 2.05) is 0 Å². The van der Waals surface area contributed by atoms with E-state index in [4.69, 9.17) is 11.6 Å². The first-order valence-corrected chi connectivity index (χ1v) is 8.51. The second-order valence-electron chi connectivity index (χ2n) is 5.91. The maximum atomic E-state index is 13.7. The summed E-state index contributed by atoms with van der Waals surface area (Å²) >= 11 is 5.74. The van der Waals surface area contributed by atoms with E-state index in [-0.39, 0.29) is 29.7 Å². The van der Waals surface area contributed by atoms with Crippen LogP contribution in [0.2, 0.25) is 5.02 Å². The Labute approximate surface area is 170 Å². The van der Waals surface area contributed by atoms with Crippen molar-refractivity contribution >= 4 is 40.0 Å². The smallest absolute Gasteiger partial charge is 0.330 e. The van der Waals surface area contributed by atoms with Crippen molar-refractivity contribution in [2.24, 2.45) is 0 Å². The average molecular weight is 449 g/mol. The van der Waals surface area contributed by atoms with Gasteiger partial charge in [0.2, 0.25) is 0 Å². The lowest BCUT2D eigenvalue weighted by molar-refractivity contribution is -0.394. The van der Waals surface area contributed by atoms with Gasteiger partial charge in [-0.2, -0.15) is 13.2 Å². The van der Waals surface area contributed by atoms with Crippen LogP contribution in [0.25, 0.3) is 0 Å². The molecule has 0 aromatic heterocycles. The molecule has 0 radical (unpaired) electrons. The fraction of sp³-hybridized carbons (Fsp3) is 0.250. The van der Waals surface area contributed by atoms with Crippen molar-refractivity contribution in [2.75, 3.05) is 11.4 Å². The molecule has 0 saturated carbocycles. The molecule has 0 spiro atoms. The largest absolute Gasteiger partial charge is 0.418 e. The van der Waals surface area contributed by atoms with E-state index in [1.165, 1.54) is 6.07 Å². The highest BCUT2D eigenvalue weighted by Crippen LogP contribution is 2.48. The van der Waals surface area contributed by atoms with E-state index in [2.05, 4.69) is 0 Å². The summed E-state index contributed by atoms with van der Waals surface area (Å²) in [5.41, 5.74) is -6.12. The summed E-state index contributed by atoms with van der Waals surface area (Å²) in [6.07, 6.45) is -5.08. The fourth-order valence-corrected chi connectivity index (χ4v) is 2.96. The van der Waals surface area contributed by atoms with Gasteiger partial charge in [-0.3, -0.25) is 30.3 Å². The lowest BCUT2D eigenvalue weighted by Gasteiger charge is -2.26. The SMILES string of the molecule is CCCN(c1ccc(Cl)cc1[N+](=O)[O-])c1c([N+](=O)[O-])cc([N+](=O)[O-])cc1C(F)(F)F. The molecule has 10 nitrogen and oxygen atoms in total. The molecule has 0 aliphatic rings. The van der Waals surface area contributed by atoms with Gasteiger partial charge < -0.3 is 4.90 Å². The monoisotopic (exact) mass is 448 g/mol. The molecule has 14 heteroatoms. The van der Waals surface area contributed by atoms with E-state index in [9.17, 15) is 43.5 Å². The van der Waals surface area contributed by atoms with Gasteiger partial charge in [-0.25, -0.2) is 0 Å². The van der Waals surface area contributed by atoms with Crippen molar-refractivity contribution in [2.45, 2.75) is 19.5 Å². The van der Waals surface area contributed by atoms with Gasteiger partial charge in [-0.05, 0) is 18.6 Å². The number of non-ortho nitro benzene ring substituents is 1. The van der Waals surface area contributed by atoms with Crippen LogP contribution in [-0.4, -0.2) is 21.3 Å². The van der Waals surface area contributed by atoms with Gasteiger partial charge >= 0.3 is 6.18 Å². The van der Waals surface area contributed by atoms with Crippen LogP contribution in [0.1, 0.15) is 18.9 Å². The highest BCUT2D eigenvalue weighted by atomic mass is 35.5. The van der Waals surface area contributed by atoms with Gasteiger partial charge in [0.15, 0.2) is 0 Å². The van der Waals surface area contributed by atoms with Gasteiger partial charge in [0.1, 0.15) is 11.4 Å². The molecule has 0 aliphatic carbocycles. The Hall–Kier alpha value is -3.48. The fourth-order valence-electron chi connectivity index (χ4n) is 2.80. The Morgan fingerprint density at radius 1 is 0.967 bits per heavy atom. The van der Waals surface area contributed by atoms with Gasteiger partial charge in [0, 0.05) is 23.7 Å². The zero-order valence-corrected chi connectivity index (χ0v) is 15.8. The summed E-state index contributed by atoms with van der Waals surface area (Å²) in [6.45, 7) is 1.25. The van der Waals surface area contributed by atoms with Gasteiger partial charge in [0.05, 0.1) is 26.4 Å². The van der Waals surface area contributed by atoms with Gasteiger partial charge in [-0.1, -0.05) is 18.5 Å². The molecular weight excluding hydrogens is 437 g/mol. The first kappa shape index (κ1) is 22.8. The number of rotatable bonds is 7. The van der Waals surface area contributed by atoms with Crippen LogP contribution in [0, 0.1) is 30.3 Å². The summed E-state index contributed by atoms with van der Waals surface area (Å²) in [4.78, 5) is 31.4. The molecule has 0 aliphatic heterocycles. The molecule has 2 aromatic rings. The number of hydrogen-bond acceptors (Lipinski definition) is 7. The number of hydrogen-bond donors (Lipinski definition) is 0. The number of nitro benzene ring substituents is 3.